The zero-order chi connectivity index (χ0) is 77.2. The summed E-state index contributed by atoms with van der Waals surface area (Å²) in [6.45, 7) is 12.1. The average Bonchev–Trinajstić information content (AvgIpc) is 0.943. The summed E-state index contributed by atoms with van der Waals surface area (Å²) < 4.78 is 68.8. The smallest absolute Gasteiger partial charge is 0.462 e. The van der Waals surface area contributed by atoms with E-state index in [2.05, 4.69) is 48.5 Å². The Morgan fingerprint density at radius 3 is 0.724 bits per heavy atom. The molecule has 4 unspecified atom stereocenters. The molecule has 3 N–H and O–H groups in total. The topological polar surface area (TPSA) is 237 Å². The summed E-state index contributed by atoms with van der Waals surface area (Å²) in [5.41, 5.74) is 0. The second-order valence-electron chi connectivity index (χ2n) is 31.9. The van der Waals surface area contributed by atoms with Crippen molar-refractivity contribution in [3.8, 4) is 0 Å². The summed E-state index contributed by atoms with van der Waals surface area (Å²) in [7, 11) is -9.92. The van der Waals surface area contributed by atoms with Crippen LogP contribution in [0.2, 0.25) is 0 Å². The highest BCUT2D eigenvalue weighted by atomic mass is 31.2. The van der Waals surface area contributed by atoms with Gasteiger partial charge in [-0.15, -0.1) is 0 Å². The number of hydrogen-bond acceptors (Lipinski definition) is 15. The third-order valence-corrected chi connectivity index (χ3v) is 22.8. The fourth-order valence-corrected chi connectivity index (χ4v) is 14.9. The molecule has 0 heterocycles. The Hall–Kier alpha value is -1.94. The van der Waals surface area contributed by atoms with Crippen molar-refractivity contribution in [2.24, 2.45) is 17.8 Å². The summed E-state index contributed by atoms with van der Waals surface area (Å²) in [6, 6.07) is 0. The number of aliphatic hydroxyl groups excluding tert-OH is 1. The molecule has 0 aromatic carbocycles. The molecular weight excluding hydrogens is 1370 g/mol. The molecule has 7 atom stereocenters. The number of aliphatic hydroxyl groups is 1. The Morgan fingerprint density at radius 1 is 0.276 bits per heavy atom. The molecule has 0 aromatic heterocycles. The summed E-state index contributed by atoms with van der Waals surface area (Å²) in [4.78, 5) is 73.1. The molecule has 0 spiro atoms. The number of carbonyl (C=O) groups is 4. The number of phosphoric acid groups is 2. The van der Waals surface area contributed by atoms with Gasteiger partial charge >= 0.3 is 39.5 Å². The number of hydrogen-bond donors (Lipinski definition) is 3. The van der Waals surface area contributed by atoms with Gasteiger partial charge in [0.15, 0.2) is 12.2 Å². The minimum Gasteiger partial charge on any atom is -0.462 e. The van der Waals surface area contributed by atoms with E-state index in [1.165, 1.54) is 263 Å². The van der Waals surface area contributed by atoms with Gasteiger partial charge in [-0.2, -0.15) is 0 Å². The molecule has 0 aliphatic heterocycles. The van der Waals surface area contributed by atoms with E-state index in [1.54, 1.807) is 0 Å². The van der Waals surface area contributed by atoms with Crippen LogP contribution in [-0.4, -0.2) is 96.7 Å². The van der Waals surface area contributed by atoms with Gasteiger partial charge in [0.1, 0.15) is 19.3 Å². The van der Waals surface area contributed by atoms with Gasteiger partial charge in [-0.3, -0.25) is 37.3 Å². The molecule has 0 aliphatic rings. The first-order chi connectivity index (χ1) is 50.8. The van der Waals surface area contributed by atoms with E-state index in [9.17, 15) is 43.2 Å². The molecule has 105 heavy (non-hydrogen) atoms. The molecule has 0 fully saturated rings. The van der Waals surface area contributed by atoms with Crippen LogP contribution < -0.4 is 0 Å². The first-order valence-corrected chi connectivity index (χ1v) is 47.4. The van der Waals surface area contributed by atoms with Gasteiger partial charge in [-0.1, -0.05) is 402 Å². The summed E-state index contributed by atoms with van der Waals surface area (Å²) in [5, 5.41) is 10.7. The van der Waals surface area contributed by atoms with Gasteiger partial charge in [0.25, 0.3) is 0 Å². The van der Waals surface area contributed by atoms with Crippen molar-refractivity contribution < 1.29 is 80.2 Å². The lowest BCUT2D eigenvalue weighted by Gasteiger charge is -2.21. The summed E-state index contributed by atoms with van der Waals surface area (Å²) in [6.07, 6.45) is 66.7. The number of phosphoric ester groups is 2. The van der Waals surface area contributed by atoms with Crippen molar-refractivity contribution in [1.82, 2.24) is 0 Å². The highest BCUT2D eigenvalue weighted by Crippen LogP contribution is 2.45. The zero-order valence-corrected chi connectivity index (χ0v) is 71.0. The van der Waals surface area contributed by atoms with Crippen LogP contribution in [0.4, 0.5) is 0 Å². The lowest BCUT2D eigenvalue weighted by molar-refractivity contribution is -0.161. The normalized spacial score (nSPS) is 14.4. The molecule has 0 radical (unpaired) electrons. The van der Waals surface area contributed by atoms with E-state index in [4.69, 9.17) is 37.0 Å². The molecule has 17 nitrogen and oxygen atoms in total. The maximum Gasteiger partial charge on any atom is 0.472 e. The molecule has 0 saturated carbocycles. The maximum absolute atomic E-state index is 13.1. The molecule has 0 bridgehead atoms. The van der Waals surface area contributed by atoms with E-state index in [-0.39, 0.29) is 25.7 Å². The van der Waals surface area contributed by atoms with Gasteiger partial charge in [-0.25, -0.2) is 9.13 Å². The van der Waals surface area contributed by atoms with Crippen LogP contribution in [-0.2, 0) is 65.4 Å². The van der Waals surface area contributed by atoms with E-state index < -0.39 is 97.5 Å². The van der Waals surface area contributed by atoms with Gasteiger partial charge in [0.05, 0.1) is 26.4 Å². The SMILES string of the molecule is CCCCCCCCCCCCC(=O)OC[C@H](COP(=O)(O)OC[C@H](O)COP(=O)(O)OC[C@@H](COC(=O)CCCCCCCCCCCCCCCCCCCCC(C)C)OC(=O)CCCCCCCCCCCCCCCCCCCCC(C)CC)OC(=O)CCCCCCCCCCC(C)CC. The minimum absolute atomic E-state index is 0.105. The first kappa shape index (κ1) is 103. The van der Waals surface area contributed by atoms with Crippen molar-refractivity contribution in [2.75, 3.05) is 39.6 Å². The van der Waals surface area contributed by atoms with Gasteiger partial charge in [0.2, 0.25) is 0 Å². The number of rotatable bonds is 84. The Labute approximate surface area is 645 Å². The van der Waals surface area contributed by atoms with Crippen LogP contribution in [0.25, 0.3) is 0 Å². The van der Waals surface area contributed by atoms with Gasteiger partial charge < -0.3 is 33.8 Å². The Balaban J connectivity index is 5.20. The van der Waals surface area contributed by atoms with Crippen LogP contribution >= 0.6 is 15.6 Å². The zero-order valence-electron chi connectivity index (χ0n) is 69.2. The highest BCUT2D eigenvalue weighted by molar-refractivity contribution is 7.47. The quantitative estimate of drug-likeness (QED) is 0.0222. The van der Waals surface area contributed by atoms with Crippen LogP contribution in [0.3, 0.4) is 0 Å². The molecule has 19 heteroatoms. The average molecular weight is 1540 g/mol. The van der Waals surface area contributed by atoms with E-state index in [0.717, 1.165) is 108 Å². The van der Waals surface area contributed by atoms with Crippen molar-refractivity contribution in [2.45, 2.75) is 471 Å². The third kappa shape index (κ3) is 77.2. The van der Waals surface area contributed by atoms with Gasteiger partial charge in [0, 0.05) is 25.7 Å². The molecule has 624 valence electrons. The van der Waals surface area contributed by atoms with Crippen LogP contribution in [0.5, 0.6) is 0 Å². The van der Waals surface area contributed by atoms with Gasteiger partial charge in [-0.05, 0) is 43.4 Å². The van der Waals surface area contributed by atoms with E-state index in [0.29, 0.717) is 25.7 Å². The maximum atomic E-state index is 13.1. The van der Waals surface area contributed by atoms with Crippen molar-refractivity contribution in [1.29, 1.82) is 0 Å². The molecule has 0 amide bonds. The van der Waals surface area contributed by atoms with Crippen LogP contribution in [0.1, 0.15) is 453 Å². The fourth-order valence-electron chi connectivity index (χ4n) is 13.3. The first-order valence-electron chi connectivity index (χ1n) is 44.4. The van der Waals surface area contributed by atoms with Crippen LogP contribution in [0, 0.1) is 17.8 Å². The molecule has 0 rings (SSSR count). The lowest BCUT2D eigenvalue weighted by atomic mass is 9.99. The second kappa shape index (κ2) is 76.1. The Bertz CT molecular complexity index is 2030. The molecular formula is C86H168O17P2. The number of carbonyl (C=O) groups excluding carboxylic acids is 4. The third-order valence-electron chi connectivity index (χ3n) is 20.9. The molecule has 0 saturated heterocycles. The fraction of sp³-hybridized carbons (Fsp3) is 0.953. The standard InChI is InChI=1S/C86H168O17P2/c1-8-11-12-13-14-15-38-46-53-60-67-83(88)96-74-82(103-86(91)70-63-56-49-42-41-45-52-59-66-79(7)10-3)76-101-105(94,95)99-72-80(87)71-98-104(92,93)100-75-81(73-97-84(89)68-61-54-47-39-34-30-26-22-18-16-20-24-28-32-36-43-50-57-64-77(4)5)102-85(90)69-62-55-48-40-35-31-27-23-19-17-21-25-29-33-37-44-51-58-65-78(6)9-2/h77-82,87H,8-76H2,1-7H3,(H,92,93)(H,94,95)/t78?,79?,80-,81-,82-/m1/s1. The van der Waals surface area contributed by atoms with Crippen LogP contribution in [0.15, 0.2) is 0 Å². The number of unbranched alkanes of at least 4 members (excludes halogenated alkanes) is 50. The monoisotopic (exact) mass is 1540 g/mol. The molecule has 0 aliphatic carbocycles. The van der Waals surface area contributed by atoms with E-state index >= 15 is 0 Å². The predicted molar refractivity (Wildman–Crippen MR) is 432 cm³/mol. The summed E-state index contributed by atoms with van der Waals surface area (Å²) in [5.74, 6) is 0.357. The molecule has 0 aromatic rings. The highest BCUT2D eigenvalue weighted by Gasteiger charge is 2.30. The number of esters is 4. The Kier molecular flexibility index (Phi) is 74.7. The van der Waals surface area contributed by atoms with Crippen molar-refractivity contribution in [3.05, 3.63) is 0 Å². The summed E-state index contributed by atoms with van der Waals surface area (Å²) >= 11 is 0. The van der Waals surface area contributed by atoms with E-state index in [1.807, 2.05) is 0 Å². The van der Waals surface area contributed by atoms with Crippen molar-refractivity contribution >= 4 is 39.5 Å². The lowest BCUT2D eigenvalue weighted by Crippen LogP contribution is -2.30. The minimum atomic E-state index is -4.97. The number of ether oxygens (including phenoxy) is 4. The predicted octanol–water partition coefficient (Wildman–Crippen LogP) is 26.1. The largest absolute Gasteiger partial charge is 0.472 e. The Morgan fingerprint density at radius 2 is 0.486 bits per heavy atom. The van der Waals surface area contributed by atoms with Crippen molar-refractivity contribution in [3.63, 3.8) is 0 Å². The second-order valence-corrected chi connectivity index (χ2v) is 34.8.